The van der Waals surface area contributed by atoms with Crippen molar-refractivity contribution < 1.29 is 0 Å². The average molecular weight is 288 g/mol. The van der Waals surface area contributed by atoms with Crippen LogP contribution in [0, 0.1) is 13.8 Å². The normalized spacial score (nSPS) is 17.4. The second kappa shape index (κ2) is 4.74. The standard InChI is InChI=1S/C16H18ClN3/c1-9-5-10(2)14-11(3)7-12-15(17)18-8-19-16(12)20(4)13(14)6-9/h5-6,8,11H,7H2,1-4H3. The number of anilines is 2. The van der Waals surface area contributed by atoms with Crippen molar-refractivity contribution in [2.45, 2.75) is 33.1 Å². The van der Waals surface area contributed by atoms with E-state index in [1.165, 1.54) is 28.7 Å². The number of fused-ring (bicyclic) bond motifs is 2. The van der Waals surface area contributed by atoms with Crippen molar-refractivity contribution in [2.24, 2.45) is 0 Å². The molecule has 2 aromatic rings. The Morgan fingerprint density at radius 1 is 1.25 bits per heavy atom. The maximum Gasteiger partial charge on any atom is 0.140 e. The molecule has 1 aliphatic rings. The number of hydrogen-bond acceptors (Lipinski definition) is 3. The Morgan fingerprint density at radius 2 is 2.00 bits per heavy atom. The molecule has 4 heteroatoms. The molecule has 1 atom stereocenters. The zero-order valence-electron chi connectivity index (χ0n) is 12.2. The quantitative estimate of drug-likeness (QED) is 0.681. The van der Waals surface area contributed by atoms with Crippen LogP contribution in [0.1, 0.15) is 35.1 Å². The van der Waals surface area contributed by atoms with Crippen molar-refractivity contribution in [3.63, 3.8) is 0 Å². The molecule has 3 nitrogen and oxygen atoms in total. The van der Waals surface area contributed by atoms with Gasteiger partial charge in [-0.3, -0.25) is 0 Å². The number of rotatable bonds is 0. The van der Waals surface area contributed by atoms with Gasteiger partial charge in [0.2, 0.25) is 0 Å². The summed E-state index contributed by atoms with van der Waals surface area (Å²) in [5.74, 6) is 1.32. The summed E-state index contributed by atoms with van der Waals surface area (Å²) in [7, 11) is 2.05. The molecule has 3 rings (SSSR count). The Balaban J connectivity index is 2.29. The van der Waals surface area contributed by atoms with E-state index < -0.39 is 0 Å². The van der Waals surface area contributed by atoms with Crippen LogP contribution in [-0.2, 0) is 6.42 Å². The highest BCUT2D eigenvalue weighted by Crippen LogP contribution is 2.42. The van der Waals surface area contributed by atoms with E-state index in [0.717, 1.165) is 17.8 Å². The van der Waals surface area contributed by atoms with Crippen LogP contribution < -0.4 is 4.90 Å². The van der Waals surface area contributed by atoms with E-state index in [0.29, 0.717) is 11.1 Å². The van der Waals surface area contributed by atoms with Crippen LogP contribution in [0.2, 0.25) is 5.15 Å². The van der Waals surface area contributed by atoms with Gasteiger partial charge >= 0.3 is 0 Å². The predicted molar refractivity (Wildman–Crippen MR) is 83.1 cm³/mol. The molecule has 0 saturated heterocycles. The zero-order valence-corrected chi connectivity index (χ0v) is 13.0. The molecular formula is C16H18ClN3. The third-order valence-electron chi connectivity index (χ3n) is 4.06. The maximum absolute atomic E-state index is 6.28. The molecule has 20 heavy (non-hydrogen) atoms. The third-order valence-corrected chi connectivity index (χ3v) is 4.39. The number of halogens is 1. The largest absolute Gasteiger partial charge is 0.329 e. The fraction of sp³-hybridized carbons (Fsp3) is 0.375. The molecule has 104 valence electrons. The molecule has 0 saturated carbocycles. The van der Waals surface area contributed by atoms with Gasteiger partial charge in [-0.1, -0.05) is 24.6 Å². The van der Waals surface area contributed by atoms with Crippen LogP contribution in [0.25, 0.3) is 0 Å². The highest BCUT2D eigenvalue weighted by atomic mass is 35.5. The lowest BCUT2D eigenvalue weighted by molar-refractivity contribution is 0.758. The molecule has 1 aromatic carbocycles. The van der Waals surface area contributed by atoms with E-state index in [4.69, 9.17) is 11.6 Å². The molecule has 0 radical (unpaired) electrons. The van der Waals surface area contributed by atoms with E-state index in [9.17, 15) is 0 Å². The van der Waals surface area contributed by atoms with Gasteiger partial charge in [0.1, 0.15) is 17.3 Å². The maximum atomic E-state index is 6.28. The van der Waals surface area contributed by atoms with E-state index in [1.54, 1.807) is 0 Å². The molecule has 0 fully saturated rings. The number of nitrogens with zero attached hydrogens (tertiary/aromatic N) is 3. The molecular weight excluding hydrogens is 270 g/mol. The molecule has 1 unspecified atom stereocenters. The lowest BCUT2D eigenvalue weighted by Gasteiger charge is -2.23. The van der Waals surface area contributed by atoms with Crippen molar-refractivity contribution in [3.05, 3.63) is 45.9 Å². The van der Waals surface area contributed by atoms with Gasteiger partial charge in [-0.2, -0.15) is 0 Å². The van der Waals surface area contributed by atoms with Gasteiger partial charge in [0.15, 0.2) is 0 Å². The van der Waals surface area contributed by atoms with Gasteiger partial charge < -0.3 is 4.90 Å². The van der Waals surface area contributed by atoms with Crippen molar-refractivity contribution >= 4 is 23.1 Å². The van der Waals surface area contributed by atoms with Crippen LogP contribution in [0.5, 0.6) is 0 Å². The van der Waals surface area contributed by atoms with E-state index in [2.05, 4.69) is 54.8 Å². The Hall–Kier alpha value is -1.61. The first-order valence-corrected chi connectivity index (χ1v) is 7.21. The van der Waals surface area contributed by atoms with Gasteiger partial charge in [0.05, 0.1) is 0 Å². The fourth-order valence-corrected chi connectivity index (χ4v) is 3.45. The minimum Gasteiger partial charge on any atom is -0.329 e. The topological polar surface area (TPSA) is 29.0 Å². The van der Waals surface area contributed by atoms with Gasteiger partial charge in [-0.25, -0.2) is 9.97 Å². The first-order valence-electron chi connectivity index (χ1n) is 6.83. The first-order chi connectivity index (χ1) is 9.49. The van der Waals surface area contributed by atoms with Crippen LogP contribution in [0.3, 0.4) is 0 Å². The Labute approximate surface area is 124 Å². The highest BCUT2D eigenvalue weighted by Gasteiger charge is 2.26. The van der Waals surface area contributed by atoms with E-state index >= 15 is 0 Å². The second-order valence-corrected chi connectivity index (χ2v) is 6.00. The SMILES string of the molecule is Cc1cc(C)c2c(c1)N(C)c1ncnc(Cl)c1CC2C. The average Bonchev–Trinajstić information content (AvgIpc) is 2.48. The smallest absolute Gasteiger partial charge is 0.140 e. The summed E-state index contributed by atoms with van der Waals surface area (Å²) < 4.78 is 0. The summed E-state index contributed by atoms with van der Waals surface area (Å²) in [5, 5.41) is 0.566. The first kappa shape index (κ1) is 13.4. The molecule has 0 bridgehead atoms. The minimum absolute atomic E-state index is 0.401. The number of aryl methyl sites for hydroxylation is 2. The summed E-state index contributed by atoms with van der Waals surface area (Å²) in [6.45, 7) is 6.55. The molecule has 2 heterocycles. The van der Waals surface area contributed by atoms with Crippen LogP contribution in [-0.4, -0.2) is 17.0 Å². The molecule has 1 aromatic heterocycles. The summed E-state index contributed by atoms with van der Waals surface area (Å²) >= 11 is 6.28. The molecule has 0 N–H and O–H groups in total. The van der Waals surface area contributed by atoms with Crippen molar-refractivity contribution in [1.29, 1.82) is 0 Å². The number of aromatic nitrogens is 2. The Bertz CT molecular complexity index is 682. The van der Waals surface area contributed by atoms with Gasteiger partial charge in [-0.15, -0.1) is 0 Å². The Morgan fingerprint density at radius 3 is 2.75 bits per heavy atom. The summed E-state index contributed by atoms with van der Waals surface area (Å²) in [6, 6.07) is 4.47. The fourth-order valence-electron chi connectivity index (χ4n) is 3.24. The summed E-state index contributed by atoms with van der Waals surface area (Å²) in [6.07, 6.45) is 2.41. The number of benzene rings is 1. The summed E-state index contributed by atoms with van der Waals surface area (Å²) in [5.41, 5.74) is 6.24. The van der Waals surface area contributed by atoms with Crippen LogP contribution >= 0.6 is 11.6 Å². The van der Waals surface area contributed by atoms with Gasteiger partial charge in [-0.05, 0) is 48.9 Å². The minimum atomic E-state index is 0.401. The summed E-state index contributed by atoms with van der Waals surface area (Å²) in [4.78, 5) is 10.7. The third kappa shape index (κ3) is 1.97. The van der Waals surface area contributed by atoms with E-state index in [1.807, 2.05) is 0 Å². The van der Waals surface area contributed by atoms with Gasteiger partial charge in [0.25, 0.3) is 0 Å². The zero-order chi connectivity index (χ0) is 14.4. The lowest BCUT2D eigenvalue weighted by atomic mass is 9.90. The molecule has 0 spiro atoms. The molecule has 0 aliphatic carbocycles. The molecule has 0 amide bonds. The molecule has 1 aliphatic heterocycles. The van der Waals surface area contributed by atoms with E-state index in [-0.39, 0.29) is 0 Å². The number of hydrogen-bond donors (Lipinski definition) is 0. The highest BCUT2D eigenvalue weighted by molar-refractivity contribution is 6.30. The van der Waals surface area contributed by atoms with Crippen LogP contribution in [0.15, 0.2) is 18.5 Å². The predicted octanol–water partition coefficient (Wildman–Crippen LogP) is 4.17. The Kier molecular flexibility index (Phi) is 3.17. The van der Waals surface area contributed by atoms with Crippen LogP contribution in [0.4, 0.5) is 11.5 Å². The van der Waals surface area contributed by atoms with Crippen molar-refractivity contribution in [1.82, 2.24) is 9.97 Å². The van der Waals surface area contributed by atoms with Gasteiger partial charge in [0, 0.05) is 18.3 Å². The second-order valence-electron chi connectivity index (χ2n) is 5.65. The lowest BCUT2D eigenvalue weighted by Crippen LogP contribution is -2.14. The van der Waals surface area contributed by atoms with Crippen molar-refractivity contribution in [3.8, 4) is 0 Å². The monoisotopic (exact) mass is 287 g/mol. The van der Waals surface area contributed by atoms with Crippen molar-refractivity contribution in [2.75, 3.05) is 11.9 Å².